The summed E-state index contributed by atoms with van der Waals surface area (Å²) in [5.74, 6) is 0.829. The van der Waals surface area contributed by atoms with Gasteiger partial charge >= 0.3 is 0 Å². The molecule has 2 aliphatic rings. The molecule has 0 amide bonds. The lowest BCUT2D eigenvalue weighted by Crippen LogP contribution is -2.53. The lowest BCUT2D eigenvalue weighted by molar-refractivity contribution is 0.231. The molecule has 1 aliphatic heterocycles. The number of nitrogens with zero attached hydrogens (tertiary/aromatic N) is 2. The molecule has 16 heavy (non-hydrogen) atoms. The highest BCUT2D eigenvalue weighted by molar-refractivity contribution is 5.67. The van der Waals surface area contributed by atoms with E-state index in [9.17, 15) is 0 Å². The van der Waals surface area contributed by atoms with Gasteiger partial charge in [0, 0.05) is 25.0 Å². The smallest absolute Gasteiger partial charge is 0.101 e. The summed E-state index contributed by atoms with van der Waals surface area (Å²) in [7, 11) is 0. The van der Waals surface area contributed by atoms with Crippen molar-refractivity contribution in [2.45, 2.75) is 18.9 Å². The quantitative estimate of drug-likeness (QED) is 0.769. The zero-order valence-corrected chi connectivity index (χ0v) is 8.98. The summed E-state index contributed by atoms with van der Waals surface area (Å²) < 4.78 is 0. The second kappa shape index (κ2) is 3.73. The maximum atomic E-state index is 8.84. The maximum Gasteiger partial charge on any atom is 0.101 e. The normalized spacial score (nSPS) is 27.3. The minimum Gasteiger partial charge on any atom is -0.313 e. The number of fused-ring (bicyclic) bond motifs is 1. The van der Waals surface area contributed by atoms with Crippen molar-refractivity contribution in [1.82, 2.24) is 10.3 Å². The van der Waals surface area contributed by atoms with E-state index in [0.29, 0.717) is 11.6 Å². The predicted octanol–water partition coefficient (Wildman–Crippen LogP) is 1.72. The summed E-state index contributed by atoms with van der Waals surface area (Å²) in [6.45, 7) is 1.16. The minimum atomic E-state index is 0.641. The molecular formula is C13H13N3. The van der Waals surface area contributed by atoms with E-state index >= 15 is 0 Å². The van der Waals surface area contributed by atoms with Gasteiger partial charge in [-0.3, -0.25) is 4.98 Å². The van der Waals surface area contributed by atoms with Crippen LogP contribution in [0.25, 0.3) is 5.57 Å². The Labute approximate surface area is 94.8 Å². The van der Waals surface area contributed by atoms with Gasteiger partial charge in [-0.05, 0) is 36.0 Å². The second-order valence-corrected chi connectivity index (χ2v) is 4.52. The van der Waals surface area contributed by atoms with Crippen molar-refractivity contribution < 1.29 is 0 Å². The van der Waals surface area contributed by atoms with Gasteiger partial charge in [-0.25, -0.2) is 0 Å². The predicted molar refractivity (Wildman–Crippen MR) is 61.4 cm³/mol. The molecule has 0 radical (unpaired) electrons. The fraction of sp³-hybridized carbons (Fsp3) is 0.385. The number of nitrogens with one attached hydrogen (secondary N) is 1. The summed E-state index contributed by atoms with van der Waals surface area (Å²) in [6, 6.07) is 4.71. The zero-order valence-electron chi connectivity index (χ0n) is 8.98. The van der Waals surface area contributed by atoms with Gasteiger partial charge in [-0.15, -0.1) is 0 Å². The van der Waals surface area contributed by atoms with Crippen LogP contribution in [-0.2, 0) is 0 Å². The van der Waals surface area contributed by atoms with Crippen molar-refractivity contribution in [3.05, 3.63) is 35.7 Å². The first kappa shape index (κ1) is 9.56. The van der Waals surface area contributed by atoms with Crippen LogP contribution in [0.1, 0.15) is 24.0 Å². The van der Waals surface area contributed by atoms with Crippen LogP contribution in [0, 0.1) is 17.2 Å². The van der Waals surface area contributed by atoms with Crippen LogP contribution in [-0.4, -0.2) is 17.6 Å². The third-order valence-corrected chi connectivity index (χ3v) is 3.56. The Kier molecular flexibility index (Phi) is 2.23. The third-order valence-electron chi connectivity index (χ3n) is 3.56. The first-order valence-corrected chi connectivity index (χ1v) is 5.65. The van der Waals surface area contributed by atoms with E-state index in [1.165, 1.54) is 5.57 Å². The number of rotatable bonds is 1. The first-order valence-electron chi connectivity index (χ1n) is 5.65. The fourth-order valence-electron chi connectivity index (χ4n) is 2.46. The highest BCUT2D eigenvalue weighted by Gasteiger charge is 2.32. The maximum absolute atomic E-state index is 8.84. The first-order chi connectivity index (χ1) is 7.86. The molecule has 0 spiro atoms. The lowest BCUT2D eigenvalue weighted by atomic mass is 9.78. The van der Waals surface area contributed by atoms with E-state index in [0.717, 1.165) is 30.9 Å². The van der Waals surface area contributed by atoms with Crippen LogP contribution in [0.3, 0.4) is 0 Å². The summed E-state index contributed by atoms with van der Waals surface area (Å²) in [5, 5.41) is 12.3. The standard InChI is InChI=1S/C13H13N3/c14-5-9-3-12(7-15-6-9)10-1-2-11-8-16-13(11)4-10/h1,3,6-7,11,13,16H,2,4,8H2/t11-,13-/m1/s1. The van der Waals surface area contributed by atoms with Crippen LogP contribution in [0.4, 0.5) is 0 Å². The van der Waals surface area contributed by atoms with Gasteiger partial charge in [-0.1, -0.05) is 6.08 Å². The Morgan fingerprint density at radius 2 is 2.38 bits per heavy atom. The van der Waals surface area contributed by atoms with Crippen molar-refractivity contribution in [2.24, 2.45) is 5.92 Å². The van der Waals surface area contributed by atoms with Crippen molar-refractivity contribution in [3.63, 3.8) is 0 Å². The highest BCUT2D eigenvalue weighted by Crippen LogP contribution is 2.34. The van der Waals surface area contributed by atoms with Crippen molar-refractivity contribution in [2.75, 3.05) is 6.54 Å². The SMILES string of the molecule is N#Cc1cncc(C2=CC[C@@H]3CN[C@@H]3C2)c1. The molecule has 1 saturated heterocycles. The Bertz CT molecular complexity index is 484. The molecule has 3 rings (SSSR count). The van der Waals surface area contributed by atoms with Gasteiger partial charge in [0.15, 0.2) is 0 Å². The van der Waals surface area contributed by atoms with Gasteiger partial charge in [0.25, 0.3) is 0 Å². The van der Waals surface area contributed by atoms with E-state index in [1.807, 2.05) is 12.3 Å². The molecule has 80 valence electrons. The van der Waals surface area contributed by atoms with Crippen LogP contribution in [0.15, 0.2) is 24.5 Å². The van der Waals surface area contributed by atoms with Crippen molar-refractivity contribution in [3.8, 4) is 6.07 Å². The Hall–Kier alpha value is -1.66. The number of allylic oxidation sites excluding steroid dienone is 1. The van der Waals surface area contributed by atoms with Gasteiger partial charge in [0.05, 0.1) is 5.56 Å². The number of nitriles is 1. The Balaban J connectivity index is 1.89. The zero-order chi connectivity index (χ0) is 11.0. The van der Waals surface area contributed by atoms with E-state index in [1.54, 1.807) is 6.20 Å². The molecule has 1 aromatic rings. The number of pyridine rings is 1. The minimum absolute atomic E-state index is 0.641. The average Bonchev–Trinajstić information content (AvgIpc) is 2.31. The van der Waals surface area contributed by atoms with E-state index in [2.05, 4.69) is 22.4 Å². The molecule has 1 aliphatic carbocycles. The summed E-state index contributed by atoms with van der Waals surface area (Å²) >= 11 is 0. The molecular weight excluding hydrogens is 198 g/mol. The van der Waals surface area contributed by atoms with Gasteiger partial charge in [-0.2, -0.15) is 5.26 Å². The van der Waals surface area contributed by atoms with E-state index in [-0.39, 0.29) is 0 Å². The molecule has 0 bridgehead atoms. The number of hydrogen-bond donors (Lipinski definition) is 1. The van der Waals surface area contributed by atoms with Gasteiger partial charge in [0.1, 0.15) is 6.07 Å². The fourth-order valence-corrected chi connectivity index (χ4v) is 2.46. The van der Waals surface area contributed by atoms with E-state index < -0.39 is 0 Å². The molecule has 0 aromatic carbocycles. The molecule has 3 nitrogen and oxygen atoms in total. The van der Waals surface area contributed by atoms with E-state index in [4.69, 9.17) is 5.26 Å². The topological polar surface area (TPSA) is 48.7 Å². The molecule has 2 atom stereocenters. The van der Waals surface area contributed by atoms with Crippen molar-refractivity contribution >= 4 is 5.57 Å². The molecule has 2 heterocycles. The summed E-state index contributed by atoms with van der Waals surface area (Å²) in [4.78, 5) is 4.11. The molecule has 3 heteroatoms. The average molecular weight is 211 g/mol. The number of hydrogen-bond acceptors (Lipinski definition) is 3. The molecule has 0 unspecified atom stereocenters. The molecule has 0 saturated carbocycles. The Morgan fingerprint density at radius 1 is 1.44 bits per heavy atom. The van der Waals surface area contributed by atoms with Crippen LogP contribution in [0.2, 0.25) is 0 Å². The molecule has 1 fully saturated rings. The van der Waals surface area contributed by atoms with Crippen LogP contribution < -0.4 is 5.32 Å². The third kappa shape index (κ3) is 1.52. The Morgan fingerprint density at radius 3 is 3.06 bits per heavy atom. The molecule has 1 N–H and O–H groups in total. The van der Waals surface area contributed by atoms with Gasteiger partial charge < -0.3 is 5.32 Å². The largest absolute Gasteiger partial charge is 0.313 e. The highest BCUT2D eigenvalue weighted by atomic mass is 15.0. The monoisotopic (exact) mass is 211 g/mol. The number of aromatic nitrogens is 1. The second-order valence-electron chi connectivity index (χ2n) is 4.52. The molecule has 1 aromatic heterocycles. The summed E-state index contributed by atoms with van der Waals surface area (Å²) in [5.41, 5.74) is 3.08. The van der Waals surface area contributed by atoms with Gasteiger partial charge in [0.2, 0.25) is 0 Å². The summed E-state index contributed by atoms with van der Waals surface area (Å²) in [6.07, 6.45) is 7.99. The lowest BCUT2D eigenvalue weighted by Gasteiger charge is -2.41. The van der Waals surface area contributed by atoms with Crippen LogP contribution in [0.5, 0.6) is 0 Å². The van der Waals surface area contributed by atoms with Crippen LogP contribution >= 0.6 is 0 Å². The van der Waals surface area contributed by atoms with Crippen molar-refractivity contribution in [1.29, 1.82) is 5.26 Å².